The van der Waals surface area contributed by atoms with Crippen LogP contribution in [0.4, 0.5) is 0 Å². The van der Waals surface area contributed by atoms with Crippen LogP contribution in [0.5, 0.6) is 0 Å². The normalized spacial score (nSPS) is 13.1. The number of hydrogen-bond donors (Lipinski definition) is 0. The topological polar surface area (TPSA) is 59.5 Å². The number of ketones is 2. The summed E-state index contributed by atoms with van der Waals surface area (Å²) in [5.41, 5.74) is 19.4. The summed E-state index contributed by atoms with van der Waals surface area (Å²) in [7, 11) is 0. The molecule has 0 saturated carbocycles. The second-order valence-electron chi connectivity index (χ2n) is 15.3. The Morgan fingerprint density at radius 1 is 0.423 bits per heavy atom. The molecule has 1 heterocycles. The van der Waals surface area contributed by atoms with E-state index in [4.69, 9.17) is 0 Å². The standard InChI is InChI=1S/C48H72N2O2/c1-5-9-13-15-17-19-21-23-25-29-45(51)39-31-35-41(36-32-39)47-43(27-11-7-3)44(28-12-8-4)48(50(47)49)42-37-33-40(34-38-42)46(52)30-26-24-22-20-18-16-14-10-6-2/h31-38H,5-30H2,1-4H3. The van der Waals surface area contributed by atoms with Gasteiger partial charge in [-0.2, -0.15) is 0 Å². The Morgan fingerprint density at radius 2 is 0.712 bits per heavy atom. The van der Waals surface area contributed by atoms with E-state index >= 15 is 0 Å². The molecule has 4 heteroatoms. The quantitative estimate of drug-likeness (QED) is 0.0461. The maximum absolute atomic E-state index is 13.1. The van der Waals surface area contributed by atoms with Gasteiger partial charge in [0.1, 0.15) is 0 Å². The number of benzene rings is 2. The van der Waals surface area contributed by atoms with Crippen LogP contribution >= 0.6 is 0 Å². The lowest BCUT2D eigenvalue weighted by Gasteiger charge is -2.11. The second-order valence-corrected chi connectivity index (χ2v) is 15.3. The van der Waals surface area contributed by atoms with Crippen LogP contribution in [0.15, 0.2) is 59.7 Å². The van der Waals surface area contributed by atoms with Gasteiger partial charge in [0.25, 0.3) is 0 Å². The molecule has 0 N–H and O–H groups in total. The van der Waals surface area contributed by atoms with Crippen molar-refractivity contribution in [3.63, 3.8) is 0 Å². The molecule has 286 valence electrons. The minimum atomic E-state index is 0.205. The fraction of sp³-hybridized carbons (Fsp3) is 0.625. The van der Waals surface area contributed by atoms with Crippen molar-refractivity contribution < 1.29 is 14.3 Å². The molecule has 2 aromatic carbocycles. The number of hydrogen-bond acceptors (Lipinski definition) is 2. The van der Waals surface area contributed by atoms with Crippen LogP contribution in [-0.2, 0) is 0 Å². The van der Waals surface area contributed by atoms with Crippen LogP contribution in [0.1, 0.15) is 226 Å². The molecular formula is C48H72N2O2. The zero-order valence-electron chi connectivity index (χ0n) is 33.7. The van der Waals surface area contributed by atoms with Crippen molar-refractivity contribution in [2.45, 2.75) is 195 Å². The van der Waals surface area contributed by atoms with Crippen molar-refractivity contribution in [3.05, 3.63) is 87.5 Å². The third kappa shape index (κ3) is 14.4. The minimum Gasteiger partial charge on any atom is -0.493 e. The van der Waals surface area contributed by atoms with E-state index in [9.17, 15) is 15.1 Å². The first kappa shape index (κ1) is 43.3. The summed E-state index contributed by atoms with van der Waals surface area (Å²) in [5, 5.41) is 0. The van der Waals surface area contributed by atoms with Crippen LogP contribution in [-0.4, -0.2) is 16.3 Å². The van der Waals surface area contributed by atoms with Gasteiger partial charge in [-0.25, -0.2) is 4.70 Å². The van der Waals surface area contributed by atoms with Gasteiger partial charge in [0.05, 0.1) is 0 Å². The van der Waals surface area contributed by atoms with Crippen molar-refractivity contribution in [3.8, 4) is 0 Å². The van der Waals surface area contributed by atoms with E-state index in [0.29, 0.717) is 12.8 Å². The van der Waals surface area contributed by atoms with Crippen molar-refractivity contribution in [1.82, 2.24) is 0 Å². The molecule has 0 atom stereocenters. The van der Waals surface area contributed by atoms with Crippen molar-refractivity contribution in [1.29, 1.82) is 0 Å². The van der Waals surface area contributed by atoms with E-state index < -0.39 is 0 Å². The predicted octanol–water partition coefficient (Wildman–Crippen LogP) is 15.4. The molecule has 1 aliphatic rings. The second kappa shape index (κ2) is 25.8. The molecule has 0 bridgehead atoms. The Labute approximate surface area is 318 Å². The molecule has 1 aliphatic heterocycles. The average molecular weight is 709 g/mol. The highest BCUT2D eigenvalue weighted by Crippen LogP contribution is 2.44. The first-order valence-corrected chi connectivity index (χ1v) is 21.7. The molecule has 0 unspecified atom stereocenters. The SMILES string of the molecule is CCCCCCCCCCCC(=O)c1ccc(C2=C(CCCC)C(CCCC)=C(c3ccc(C(=O)CCCCCCCCCCC)cc3)[N+]2=[N-])cc1. The van der Waals surface area contributed by atoms with E-state index in [-0.39, 0.29) is 11.6 Å². The highest BCUT2D eigenvalue weighted by molar-refractivity contribution is 5.97. The molecule has 3 rings (SSSR count). The molecule has 0 fully saturated rings. The maximum Gasteiger partial charge on any atom is 0.211 e. The van der Waals surface area contributed by atoms with Crippen LogP contribution in [0, 0.1) is 0 Å². The lowest BCUT2D eigenvalue weighted by atomic mass is 9.91. The van der Waals surface area contributed by atoms with E-state index in [1.807, 2.05) is 48.5 Å². The lowest BCUT2D eigenvalue weighted by Crippen LogP contribution is -2.04. The Bertz CT molecular complexity index is 1310. The zero-order chi connectivity index (χ0) is 37.4. The number of nitrogens with zero attached hydrogens (tertiary/aromatic N) is 2. The van der Waals surface area contributed by atoms with Gasteiger partial charge in [-0.1, -0.05) is 168 Å². The summed E-state index contributed by atoms with van der Waals surface area (Å²) in [5.74, 6) is 0.411. The third-order valence-electron chi connectivity index (χ3n) is 10.9. The number of carbonyl (C=O) groups excluding carboxylic acids is 2. The molecule has 2 aromatic rings. The number of Topliss-reactive ketones (excluding diaryl/α,β-unsaturated/α-hetero) is 2. The van der Waals surface area contributed by atoms with Gasteiger partial charge >= 0.3 is 0 Å². The van der Waals surface area contributed by atoms with E-state index in [1.54, 1.807) is 0 Å². The fourth-order valence-corrected chi connectivity index (χ4v) is 7.60. The largest absolute Gasteiger partial charge is 0.493 e. The summed E-state index contributed by atoms with van der Waals surface area (Å²) >= 11 is 0. The third-order valence-corrected chi connectivity index (χ3v) is 10.9. The van der Waals surface area contributed by atoms with Gasteiger partial charge in [-0.3, -0.25) is 9.59 Å². The average Bonchev–Trinajstić information content (AvgIpc) is 3.44. The highest BCUT2D eigenvalue weighted by atomic mass is 16.1. The Morgan fingerprint density at radius 3 is 1.02 bits per heavy atom. The van der Waals surface area contributed by atoms with Crippen LogP contribution in [0.3, 0.4) is 0 Å². The number of rotatable bonds is 30. The molecule has 0 saturated heterocycles. The van der Waals surface area contributed by atoms with Gasteiger partial charge in [0.2, 0.25) is 11.4 Å². The van der Waals surface area contributed by atoms with Gasteiger partial charge in [0, 0.05) is 46.2 Å². The first-order valence-electron chi connectivity index (χ1n) is 21.7. The van der Waals surface area contributed by atoms with E-state index in [2.05, 4.69) is 27.7 Å². The van der Waals surface area contributed by atoms with Crippen molar-refractivity contribution in [2.75, 3.05) is 0 Å². The van der Waals surface area contributed by atoms with Gasteiger partial charge in [-0.15, -0.1) is 0 Å². The predicted molar refractivity (Wildman–Crippen MR) is 222 cm³/mol. The lowest BCUT2D eigenvalue weighted by molar-refractivity contribution is -0.345. The van der Waals surface area contributed by atoms with E-state index in [1.165, 1.54) is 106 Å². The number of unbranched alkanes of at least 4 members (excludes halogenated alkanes) is 18. The fourth-order valence-electron chi connectivity index (χ4n) is 7.60. The smallest absolute Gasteiger partial charge is 0.211 e. The molecule has 4 nitrogen and oxygen atoms in total. The summed E-state index contributed by atoms with van der Waals surface area (Å²) in [6, 6.07) is 15.8. The van der Waals surface area contributed by atoms with Crippen LogP contribution in [0.25, 0.3) is 16.9 Å². The Hall–Kier alpha value is -3.14. The molecule has 52 heavy (non-hydrogen) atoms. The molecule has 0 radical (unpaired) electrons. The molecule has 0 amide bonds. The zero-order valence-corrected chi connectivity index (χ0v) is 33.7. The monoisotopic (exact) mass is 709 g/mol. The van der Waals surface area contributed by atoms with Gasteiger partial charge in [-0.05, 0) is 62.8 Å². The van der Waals surface area contributed by atoms with Gasteiger partial charge < -0.3 is 5.53 Å². The van der Waals surface area contributed by atoms with Crippen molar-refractivity contribution in [2.24, 2.45) is 0 Å². The van der Waals surface area contributed by atoms with Crippen LogP contribution in [0.2, 0.25) is 0 Å². The highest BCUT2D eigenvalue weighted by Gasteiger charge is 2.35. The molecule has 0 aromatic heterocycles. The first-order chi connectivity index (χ1) is 25.5. The van der Waals surface area contributed by atoms with Gasteiger partial charge in [0.15, 0.2) is 11.6 Å². The molecular weight excluding hydrogens is 637 g/mol. The number of carbonyl (C=O) groups is 2. The summed E-state index contributed by atoms with van der Waals surface area (Å²) in [4.78, 5) is 26.1. The van der Waals surface area contributed by atoms with E-state index in [0.717, 1.165) is 97.9 Å². The molecule has 0 aliphatic carbocycles. The maximum atomic E-state index is 13.1. The van der Waals surface area contributed by atoms with Crippen molar-refractivity contribution >= 4 is 23.0 Å². The molecule has 0 spiro atoms. The summed E-state index contributed by atoms with van der Waals surface area (Å²) in [6.45, 7) is 8.93. The summed E-state index contributed by atoms with van der Waals surface area (Å²) < 4.78 is 1.40. The van der Waals surface area contributed by atoms with Crippen LogP contribution < -0.4 is 0 Å². The summed E-state index contributed by atoms with van der Waals surface area (Å²) in [6.07, 6.45) is 29.6. The minimum absolute atomic E-state index is 0.205. The number of allylic oxidation sites excluding steroid dienone is 2. The Balaban J connectivity index is 1.66. The Kier molecular flexibility index (Phi) is 21.4.